The Hall–Kier alpha value is -2.54. The summed E-state index contributed by atoms with van der Waals surface area (Å²) < 4.78 is 28.4. The third kappa shape index (κ3) is 4.80. The average Bonchev–Trinajstić information content (AvgIpc) is 2.67. The molecule has 1 aliphatic heterocycles. The van der Waals surface area contributed by atoms with Crippen molar-refractivity contribution in [3.05, 3.63) is 48.5 Å². The van der Waals surface area contributed by atoms with Crippen molar-refractivity contribution >= 4 is 21.6 Å². The van der Waals surface area contributed by atoms with Crippen LogP contribution in [0, 0.1) is 0 Å². The average molecular weight is 388 g/mol. The summed E-state index contributed by atoms with van der Waals surface area (Å²) in [4.78, 5) is 14.2. The van der Waals surface area contributed by atoms with Crippen LogP contribution in [0.15, 0.2) is 48.5 Å². The maximum atomic E-state index is 12.6. The Balaban J connectivity index is 1.69. The molecule has 0 bridgehead atoms. The summed E-state index contributed by atoms with van der Waals surface area (Å²) in [6, 6.07) is 15.0. The Labute approximate surface area is 160 Å². The topological polar surface area (TPSA) is 75.7 Å². The SMILES string of the molecule is COc1cccc(-c2cccc(NC(=O)N(C)C3CCS(=O)(=O)CC3)c2)c1. The van der Waals surface area contributed by atoms with E-state index in [9.17, 15) is 13.2 Å². The molecule has 144 valence electrons. The highest BCUT2D eigenvalue weighted by atomic mass is 32.2. The number of amides is 2. The lowest BCUT2D eigenvalue weighted by molar-refractivity contribution is 0.199. The minimum Gasteiger partial charge on any atom is -0.497 e. The molecular weight excluding hydrogens is 364 g/mol. The number of nitrogens with one attached hydrogen (secondary N) is 1. The van der Waals surface area contributed by atoms with Crippen molar-refractivity contribution in [1.29, 1.82) is 0 Å². The number of carbonyl (C=O) groups excluding carboxylic acids is 1. The van der Waals surface area contributed by atoms with E-state index < -0.39 is 9.84 Å². The van der Waals surface area contributed by atoms with E-state index in [1.165, 1.54) is 0 Å². The van der Waals surface area contributed by atoms with Gasteiger partial charge in [0.15, 0.2) is 0 Å². The number of nitrogens with zero attached hydrogens (tertiary/aromatic N) is 1. The monoisotopic (exact) mass is 388 g/mol. The summed E-state index contributed by atoms with van der Waals surface area (Å²) in [5.74, 6) is 1.05. The van der Waals surface area contributed by atoms with Crippen LogP contribution in [0.2, 0.25) is 0 Å². The van der Waals surface area contributed by atoms with Gasteiger partial charge in [-0.3, -0.25) is 0 Å². The fourth-order valence-corrected chi connectivity index (χ4v) is 4.69. The largest absolute Gasteiger partial charge is 0.497 e. The molecule has 27 heavy (non-hydrogen) atoms. The van der Waals surface area contributed by atoms with E-state index in [0.29, 0.717) is 18.5 Å². The van der Waals surface area contributed by atoms with Gasteiger partial charge < -0.3 is 15.0 Å². The molecule has 0 aliphatic carbocycles. The Morgan fingerprint density at radius 1 is 1.07 bits per heavy atom. The van der Waals surface area contributed by atoms with Crippen LogP contribution in [0.25, 0.3) is 11.1 Å². The molecular formula is C20H24N2O4S. The molecule has 1 fully saturated rings. The summed E-state index contributed by atoms with van der Waals surface area (Å²) in [7, 11) is 0.395. The zero-order chi connectivity index (χ0) is 19.4. The zero-order valence-corrected chi connectivity index (χ0v) is 16.3. The molecule has 0 saturated carbocycles. The Morgan fingerprint density at radius 3 is 2.37 bits per heavy atom. The van der Waals surface area contributed by atoms with Crippen molar-refractivity contribution in [3.63, 3.8) is 0 Å². The minimum absolute atomic E-state index is 0.0601. The summed E-state index contributed by atoms with van der Waals surface area (Å²) >= 11 is 0. The number of rotatable bonds is 4. The van der Waals surface area contributed by atoms with E-state index in [1.807, 2.05) is 48.5 Å². The predicted octanol–water partition coefficient (Wildman–Crippen LogP) is 3.40. The minimum atomic E-state index is -2.94. The van der Waals surface area contributed by atoms with E-state index in [1.54, 1.807) is 19.1 Å². The van der Waals surface area contributed by atoms with Crippen LogP contribution in [-0.2, 0) is 9.84 Å². The molecule has 0 radical (unpaired) electrons. The van der Waals surface area contributed by atoms with Crippen LogP contribution in [0.5, 0.6) is 5.75 Å². The van der Waals surface area contributed by atoms with Crippen LogP contribution >= 0.6 is 0 Å². The molecule has 0 spiro atoms. The van der Waals surface area contributed by atoms with Crippen LogP contribution < -0.4 is 10.1 Å². The molecule has 0 unspecified atom stereocenters. The molecule has 7 heteroatoms. The maximum Gasteiger partial charge on any atom is 0.321 e. The third-order valence-electron chi connectivity index (χ3n) is 4.91. The van der Waals surface area contributed by atoms with Crippen LogP contribution in [-0.4, -0.2) is 51.1 Å². The van der Waals surface area contributed by atoms with E-state index in [2.05, 4.69) is 5.32 Å². The number of methoxy groups -OCH3 is 1. The Kier molecular flexibility index (Phi) is 5.70. The number of carbonyl (C=O) groups is 1. The lowest BCUT2D eigenvalue weighted by Gasteiger charge is -2.31. The van der Waals surface area contributed by atoms with Crippen molar-refractivity contribution < 1.29 is 17.9 Å². The van der Waals surface area contributed by atoms with Crippen molar-refractivity contribution in [1.82, 2.24) is 4.90 Å². The van der Waals surface area contributed by atoms with E-state index in [0.717, 1.165) is 16.9 Å². The second kappa shape index (κ2) is 8.00. The molecule has 2 aromatic rings. The molecule has 0 aromatic heterocycles. The van der Waals surface area contributed by atoms with Gasteiger partial charge in [-0.15, -0.1) is 0 Å². The highest BCUT2D eigenvalue weighted by molar-refractivity contribution is 7.91. The van der Waals surface area contributed by atoms with Crippen molar-refractivity contribution in [2.45, 2.75) is 18.9 Å². The molecule has 3 rings (SSSR count). The van der Waals surface area contributed by atoms with Gasteiger partial charge in [0.1, 0.15) is 15.6 Å². The number of sulfone groups is 1. The Morgan fingerprint density at radius 2 is 1.70 bits per heavy atom. The van der Waals surface area contributed by atoms with Gasteiger partial charge >= 0.3 is 6.03 Å². The normalized spacial score (nSPS) is 16.5. The lowest BCUT2D eigenvalue weighted by atomic mass is 10.0. The molecule has 1 aliphatic rings. The molecule has 2 aromatic carbocycles. The van der Waals surface area contributed by atoms with Crippen molar-refractivity contribution in [2.75, 3.05) is 31.0 Å². The first kappa shape index (κ1) is 19.2. The first-order valence-electron chi connectivity index (χ1n) is 8.87. The maximum absolute atomic E-state index is 12.6. The van der Waals surface area contributed by atoms with Gasteiger partial charge in [-0.25, -0.2) is 13.2 Å². The van der Waals surface area contributed by atoms with Crippen LogP contribution in [0.4, 0.5) is 10.5 Å². The number of hydrogen-bond donors (Lipinski definition) is 1. The summed E-state index contributed by atoms with van der Waals surface area (Å²) in [6.45, 7) is 0. The smallest absolute Gasteiger partial charge is 0.321 e. The van der Waals surface area contributed by atoms with E-state index in [4.69, 9.17) is 4.74 Å². The standard InChI is InChI=1S/C20H24N2O4S/c1-22(18-9-11-27(24,25)12-10-18)20(23)21-17-7-3-5-15(13-17)16-6-4-8-19(14-16)26-2/h3-8,13-14,18H,9-12H2,1-2H3,(H,21,23). The van der Waals surface area contributed by atoms with Gasteiger partial charge in [0.05, 0.1) is 18.6 Å². The zero-order valence-electron chi connectivity index (χ0n) is 15.5. The number of benzene rings is 2. The molecule has 6 nitrogen and oxygen atoms in total. The van der Waals surface area contributed by atoms with Gasteiger partial charge in [0.2, 0.25) is 0 Å². The van der Waals surface area contributed by atoms with Crippen molar-refractivity contribution in [3.8, 4) is 16.9 Å². The van der Waals surface area contributed by atoms with Crippen LogP contribution in [0.1, 0.15) is 12.8 Å². The summed E-state index contributed by atoms with van der Waals surface area (Å²) in [6.07, 6.45) is 0.964. The van der Waals surface area contributed by atoms with Gasteiger partial charge in [-0.1, -0.05) is 24.3 Å². The number of ether oxygens (including phenoxy) is 1. The molecule has 1 saturated heterocycles. The molecule has 1 N–H and O–H groups in total. The first-order chi connectivity index (χ1) is 12.9. The van der Waals surface area contributed by atoms with Gasteiger partial charge in [0, 0.05) is 18.8 Å². The highest BCUT2D eigenvalue weighted by Gasteiger charge is 2.28. The van der Waals surface area contributed by atoms with Crippen LogP contribution in [0.3, 0.4) is 0 Å². The van der Waals surface area contributed by atoms with E-state index in [-0.39, 0.29) is 23.6 Å². The fourth-order valence-electron chi connectivity index (χ4n) is 3.22. The van der Waals surface area contributed by atoms with Crippen molar-refractivity contribution in [2.24, 2.45) is 0 Å². The third-order valence-corrected chi connectivity index (χ3v) is 6.62. The van der Waals surface area contributed by atoms with Gasteiger partial charge in [-0.05, 0) is 48.2 Å². The Bertz CT molecular complexity index is 913. The fraction of sp³-hybridized carbons (Fsp3) is 0.350. The van der Waals surface area contributed by atoms with Gasteiger partial charge in [0.25, 0.3) is 0 Å². The quantitative estimate of drug-likeness (QED) is 0.871. The number of hydrogen-bond acceptors (Lipinski definition) is 4. The summed E-state index contributed by atoms with van der Waals surface area (Å²) in [5, 5.41) is 2.90. The predicted molar refractivity (Wildman–Crippen MR) is 107 cm³/mol. The number of anilines is 1. The highest BCUT2D eigenvalue weighted by Crippen LogP contribution is 2.26. The second-order valence-electron chi connectivity index (χ2n) is 6.74. The lowest BCUT2D eigenvalue weighted by Crippen LogP contribution is -2.44. The molecule has 2 amide bonds. The molecule has 0 atom stereocenters. The molecule has 1 heterocycles. The first-order valence-corrected chi connectivity index (χ1v) is 10.7. The van der Waals surface area contributed by atoms with Gasteiger partial charge in [-0.2, -0.15) is 0 Å². The summed E-state index contributed by atoms with van der Waals surface area (Å²) in [5.41, 5.74) is 2.66. The number of urea groups is 1. The second-order valence-corrected chi connectivity index (χ2v) is 9.04. The van der Waals surface area contributed by atoms with E-state index >= 15 is 0 Å².